The van der Waals surface area contributed by atoms with Gasteiger partial charge in [-0.05, 0) is 55.8 Å². The zero-order chi connectivity index (χ0) is 22.1. The lowest BCUT2D eigenvalue weighted by Gasteiger charge is -2.15. The lowest BCUT2D eigenvalue weighted by Crippen LogP contribution is -2.35. The van der Waals surface area contributed by atoms with E-state index >= 15 is 0 Å². The van der Waals surface area contributed by atoms with E-state index in [-0.39, 0.29) is 23.7 Å². The topological polar surface area (TPSA) is 86.7 Å². The van der Waals surface area contributed by atoms with Gasteiger partial charge in [0.15, 0.2) is 15.3 Å². The first-order valence-corrected chi connectivity index (χ1v) is 11.2. The lowest BCUT2D eigenvalue weighted by molar-refractivity contribution is -0.164. The molecule has 0 aliphatic heterocycles. The first-order valence-electron chi connectivity index (χ1n) is 9.30. The maximum absolute atomic E-state index is 13.9. The van der Waals surface area contributed by atoms with Crippen molar-refractivity contribution in [2.75, 3.05) is 13.2 Å². The van der Waals surface area contributed by atoms with E-state index in [0.29, 0.717) is 5.02 Å². The van der Waals surface area contributed by atoms with Crippen molar-refractivity contribution in [3.8, 4) is 0 Å². The molecule has 2 aromatic rings. The molecule has 0 heterocycles. The Kier molecular flexibility index (Phi) is 6.19. The number of benzene rings is 2. The molecule has 0 spiro atoms. The summed E-state index contributed by atoms with van der Waals surface area (Å²) in [6.45, 7) is 2.95. The number of esters is 2. The molecule has 0 aromatic heterocycles. The van der Waals surface area contributed by atoms with Crippen LogP contribution in [0.2, 0.25) is 5.02 Å². The Balaban J connectivity index is 2.21. The summed E-state index contributed by atoms with van der Waals surface area (Å²) >= 11 is 5.85. The van der Waals surface area contributed by atoms with Crippen LogP contribution in [0.1, 0.15) is 25.3 Å². The number of ether oxygens (including phenoxy) is 2. The van der Waals surface area contributed by atoms with Gasteiger partial charge in [0.25, 0.3) is 0 Å². The van der Waals surface area contributed by atoms with Gasteiger partial charge in [0.05, 0.1) is 18.1 Å². The normalized spacial score (nSPS) is 19.7. The molecule has 2 atom stereocenters. The Morgan fingerprint density at radius 1 is 1.03 bits per heavy atom. The molecular formula is C21H20ClFO6S. The largest absolute Gasteiger partial charge is 0.465 e. The number of carbonyl (C=O) groups is 2. The minimum atomic E-state index is -4.21. The minimum absolute atomic E-state index is 0.0659. The second kappa shape index (κ2) is 8.35. The van der Waals surface area contributed by atoms with Crippen LogP contribution < -0.4 is 0 Å². The zero-order valence-electron chi connectivity index (χ0n) is 16.3. The molecule has 30 heavy (non-hydrogen) atoms. The fourth-order valence-corrected chi connectivity index (χ4v) is 6.17. The summed E-state index contributed by atoms with van der Waals surface area (Å²) in [7, 11) is -4.21. The van der Waals surface area contributed by atoms with Gasteiger partial charge in [-0.15, -0.1) is 0 Å². The number of hydrogen-bond donors (Lipinski definition) is 0. The first-order chi connectivity index (χ1) is 14.2. The Labute approximate surface area is 178 Å². The van der Waals surface area contributed by atoms with Crippen LogP contribution in [0.3, 0.4) is 0 Å². The van der Waals surface area contributed by atoms with E-state index in [4.69, 9.17) is 21.1 Å². The molecule has 0 saturated heterocycles. The van der Waals surface area contributed by atoms with Gasteiger partial charge in [-0.1, -0.05) is 23.7 Å². The quantitative estimate of drug-likeness (QED) is 0.470. The van der Waals surface area contributed by atoms with Crippen LogP contribution in [-0.4, -0.2) is 38.8 Å². The second-order valence-corrected chi connectivity index (χ2v) is 9.27. The van der Waals surface area contributed by atoms with E-state index in [0.717, 1.165) is 6.07 Å². The fraction of sp³-hybridized carbons (Fsp3) is 0.333. The zero-order valence-corrected chi connectivity index (χ0v) is 17.9. The highest BCUT2D eigenvalue weighted by Gasteiger charge is 2.81. The summed E-state index contributed by atoms with van der Waals surface area (Å²) in [5, 5.41) is -1.18. The molecule has 9 heteroatoms. The number of rotatable bonds is 7. The predicted octanol–water partition coefficient (Wildman–Crippen LogP) is 3.53. The summed E-state index contributed by atoms with van der Waals surface area (Å²) < 4.78 is 51.0. The molecule has 0 radical (unpaired) electrons. The third-order valence-corrected chi connectivity index (χ3v) is 7.54. The van der Waals surface area contributed by atoms with Gasteiger partial charge in [-0.25, -0.2) is 12.8 Å². The van der Waals surface area contributed by atoms with E-state index in [1.54, 1.807) is 13.8 Å². The Morgan fingerprint density at radius 3 is 2.10 bits per heavy atom. The number of hydrogen-bond acceptors (Lipinski definition) is 6. The van der Waals surface area contributed by atoms with Crippen LogP contribution in [0.4, 0.5) is 4.39 Å². The van der Waals surface area contributed by atoms with Gasteiger partial charge < -0.3 is 9.47 Å². The Bertz CT molecular complexity index is 1050. The number of carbonyl (C=O) groups excluding carboxylic acids is 2. The molecule has 0 bridgehead atoms. The summed E-state index contributed by atoms with van der Waals surface area (Å²) in [6, 6.07) is 10.5. The summed E-state index contributed by atoms with van der Waals surface area (Å²) in [5.74, 6) is -3.81. The average Bonchev–Trinajstić information content (AvgIpc) is 3.41. The van der Waals surface area contributed by atoms with Crippen molar-refractivity contribution in [3.63, 3.8) is 0 Å². The van der Waals surface area contributed by atoms with Crippen molar-refractivity contribution in [2.24, 2.45) is 5.41 Å². The van der Waals surface area contributed by atoms with Gasteiger partial charge in [0.1, 0.15) is 11.1 Å². The highest BCUT2D eigenvalue weighted by Crippen LogP contribution is 2.65. The van der Waals surface area contributed by atoms with E-state index < -0.39 is 44.2 Å². The highest BCUT2D eigenvalue weighted by molar-refractivity contribution is 7.92. The summed E-state index contributed by atoms with van der Waals surface area (Å²) in [5.41, 5.74) is -1.93. The Morgan fingerprint density at radius 2 is 1.60 bits per heavy atom. The number of halogens is 2. The smallest absolute Gasteiger partial charge is 0.325 e. The lowest BCUT2D eigenvalue weighted by atomic mass is 9.99. The summed E-state index contributed by atoms with van der Waals surface area (Å²) in [6.07, 6.45) is 0. The molecule has 0 amide bonds. The van der Waals surface area contributed by atoms with E-state index in [2.05, 4.69) is 0 Å². The third kappa shape index (κ3) is 3.58. The van der Waals surface area contributed by atoms with E-state index in [9.17, 15) is 22.4 Å². The monoisotopic (exact) mass is 454 g/mol. The van der Waals surface area contributed by atoms with Gasteiger partial charge in [0.2, 0.25) is 0 Å². The van der Waals surface area contributed by atoms with E-state index in [1.807, 2.05) is 0 Å². The second-order valence-electron chi connectivity index (χ2n) is 6.76. The summed E-state index contributed by atoms with van der Waals surface area (Å²) in [4.78, 5) is 25.8. The van der Waals surface area contributed by atoms with Crippen molar-refractivity contribution in [1.82, 2.24) is 0 Å². The molecule has 3 rings (SSSR count). The molecule has 0 unspecified atom stereocenters. The number of sulfone groups is 1. The molecule has 1 aliphatic carbocycles. The van der Waals surface area contributed by atoms with Gasteiger partial charge in [0, 0.05) is 10.9 Å². The third-order valence-electron chi connectivity index (χ3n) is 5.04. The van der Waals surface area contributed by atoms with Crippen molar-refractivity contribution in [1.29, 1.82) is 0 Å². The molecule has 0 N–H and O–H groups in total. The van der Waals surface area contributed by atoms with E-state index in [1.165, 1.54) is 42.5 Å². The van der Waals surface area contributed by atoms with Crippen molar-refractivity contribution >= 4 is 33.4 Å². The Hall–Kier alpha value is -2.45. The first kappa shape index (κ1) is 22.2. The highest BCUT2D eigenvalue weighted by atomic mass is 35.5. The molecule has 160 valence electrons. The predicted molar refractivity (Wildman–Crippen MR) is 107 cm³/mol. The van der Waals surface area contributed by atoms with Crippen LogP contribution in [0.25, 0.3) is 0 Å². The maximum atomic E-state index is 13.9. The van der Waals surface area contributed by atoms with Crippen LogP contribution >= 0.6 is 11.6 Å². The average molecular weight is 455 g/mol. The molecule has 1 saturated carbocycles. The van der Waals surface area contributed by atoms with Crippen molar-refractivity contribution in [2.45, 2.75) is 29.9 Å². The molecule has 2 aromatic carbocycles. The molecule has 1 fully saturated rings. The molecule has 6 nitrogen and oxygen atoms in total. The fourth-order valence-electron chi connectivity index (χ4n) is 3.76. The maximum Gasteiger partial charge on any atom is 0.325 e. The van der Waals surface area contributed by atoms with Gasteiger partial charge in [-0.2, -0.15) is 0 Å². The van der Waals surface area contributed by atoms with Crippen LogP contribution in [0, 0.1) is 11.2 Å². The standard InChI is InChI=1S/C21H20ClFO6S/c1-3-28-19(24)21(20(25)29-4-2)17(13-6-5-7-15(23)12-13)18(21)30(26,27)16-10-8-14(22)9-11-16/h5-12,17-18H,3-4H2,1-2H3/t17-,18-/m1/s1. The van der Waals surface area contributed by atoms with Crippen LogP contribution in [0.15, 0.2) is 53.4 Å². The van der Waals surface area contributed by atoms with Crippen molar-refractivity contribution in [3.05, 3.63) is 64.9 Å². The molecular weight excluding hydrogens is 435 g/mol. The van der Waals surface area contributed by atoms with Gasteiger partial charge >= 0.3 is 11.9 Å². The van der Waals surface area contributed by atoms with Crippen LogP contribution in [0.5, 0.6) is 0 Å². The molecule has 1 aliphatic rings. The minimum Gasteiger partial charge on any atom is -0.465 e. The SMILES string of the molecule is CCOC(=O)C1(C(=O)OCC)[C@H](c2cccc(F)c2)[C@H]1S(=O)(=O)c1ccc(Cl)cc1. The van der Waals surface area contributed by atoms with Crippen molar-refractivity contribution < 1.29 is 31.9 Å². The van der Waals surface area contributed by atoms with Gasteiger partial charge in [-0.3, -0.25) is 9.59 Å². The van der Waals surface area contributed by atoms with Crippen LogP contribution in [-0.2, 0) is 28.9 Å².